The number of benzene rings is 2. The van der Waals surface area contributed by atoms with Gasteiger partial charge >= 0.3 is 0 Å². The normalized spacial score (nSPS) is 15.4. The van der Waals surface area contributed by atoms with Crippen molar-refractivity contribution >= 4 is 21.4 Å². The van der Waals surface area contributed by atoms with Crippen molar-refractivity contribution in [3.63, 3.8) is 0 Å². The molecule has 4 rings (SSSR count). The first-order valence-electron chi connectivity index (χ1n) is 11.6. The van der Waals surface area contributed by atoms with Crippen LogP contribution in [-0.2, 0) is 16.4 Å². The number of hydrogen-bond acceptors (Lipinski definition) is 7. The molecule has 0 fully saturated rings. The van der Waals surface area contributed by atoms with Crippen molar-refractivity contribution in [2.75, 3.05) is 26.4 Å². The maximum Gasteiger partial charge on any atom is 0.213 e. The Morgan fingerprint density at radius 2 is 2.09 bits per heavy atom. The lowest BCUT2D eigenvalue weighted by molar-refractivity contribution is 0.242. The topological polar surface area (TPSA) is 95.3 Å². The van der Waals surface area contributed by atoms with Crippen LogP contribution in [0.3, 0.4) is 0 Å². The molecule has 1 heterocycles. The molecule has 1 aromatic heterocycles. The molecule has 0 spiro atoms. The summed E-state index contributed by atoms with van der Waals surface area (Å²) in [7, 11) is 0.364. The summed E-state index contributed by atoms with van der Waals surface area (Å²) in [6, 6.07) is 13.6. The molecule has 0 aliphatic heterocycles. The number of ether oxygens (including phenoxy) is 1. The number of hydrogen-bond donors (Lipinski definition) is 1. The highest BCUT2D eigenvalue weighted by Gasteiger charge is 2.29. The number of aromatic nitrogens is 1. The van der Waals surface area contributed by atoms with E-state index in [-0.39, 0.29) is 17.9 Å². The SMILES string of the molecule is CC(C)Oc1ccc(-c2ncc(-c3cccc4c3CC[C@H]4NS(=O)(=O)CCN(C)C)s2)cc1C#N. The molecule has 0 saturated carbocycles. The third-order valence-electron chi connectivity index (χ3n) is 5.88. The Bertz CT molecular complexity index is 1360. The maximum atomic E-state index is 12.6. The summed E-state index contributed by atoms with van der Waals surface area (Å²) in [5, 5.41) is 10.4. The first-order chi connectivity index (χ1) is 16.7. The van der Waals surface area contributed by atoms with E-state index >= 15 is 0 Å². The first-order valence-corrected chi connectivity index (χ1v) is 14.1. The van der Waals surface area contributed by atoms with E-state index in [9.17, 15) is 13.7 Å². The van der Waals surface area contributed by atoms with Crippen LogP contribution in [-0.4, -0.2) is 50.8 Å². The van der Waals surface area contributed by atoms with Crippen LogP contribution in [0.1, 0.15) is 43.0 Å². The molecule has 3 aromatic rings. The van der Waals surface area contributed by atoms with Gasteiger partial charge in [-0.25, -0.2) is 18.1 Å². The van der Waals surface area contributed by atoms with Crippen LogP contribution in [0, 0.1) is 11.3 Å². The minimum Gasteiger partial charge on any atom is -0.490 e. The summed E-state index contributed by atoms with van der Waals surface area (Å²) in [6.07, 6.45) is 3.39. The van der Waals surface area contributed by atoms with Gasteiger partial charge in [0.25, 0.3) is 0 Å². The standard InChI is InChI=1S/C26H30N4O3S2/c1-17(2)33-24-11-8-18(14-19(24)15-27)26-28-16-25(34-26)22-7-5-6-21-20(22)9-10-23(21)29-35(31,32)13-12-30(3)4/h5-8,11,14,16-17,23,29H,9-10,12-13H2,1-4H3/t23-/m1/s1. The largest absolute Gasteiger partial charge is 0.490 e. The Morgan fingerprint density at radius 1 is 1.29 bits per heavy atom. The molecule has 2 aromatic carbocycles. The Labute approximate surface area is 211 Å². The van der Waals surface area contributed by atoms with Gasteiger partial charge in [-0.15, -0.1) is 11.3 Å². The molecule has 184 valence electrons. The fraction of sp³-hybridized carbons (Fsp3) is 0.385. The minimum atomic E-state index is -3.37. The van der Waals surface area contributed by atoms with Gasteiger partial charge in [0, 0.05) is 24.3 Å². The predicted molar refractivity (Wildman–Crippen MR) is 140 cm³/mol. The summed E-state index contributed by atoms with van der Waals surface area (Å²) in [6.45, 7) is 4.34. The van der Waals surface area contributed by atoms with Crippen LogP contribution in [0.25, 0.3) is 21.0 Å². The molecule has 35 heavy (non-hydrogen) atoms. The van der Waals surface area contributed by atoms with Crippen molar-refractivity contribution in [3.05, 3.63) is 59.3 Å². The van der Waals surface area contributed by atoms with Crippen molar-refractivity contribution in [1.82, 2.24) is 14.6 Å². The van der Waals surface area contributed by atoms with Crippen LogP contribution in [0.15, 0.2) is 42.6 Å². The second-order valence-corrected chi connectivity index (χ2v) is 12.1. The van der Waals surface area contributed by atoms with E-state index in [4.69, 9.17) is 4.74 Å². The zero-order chi connectivity index (χ0) is 25.2. The van der Waals surface area contributed by atoms with E-state index in [1.807, 2.05) is 69.4 Å². The number of fused-ring (bicyclic) bond motifs is 1. The Kier molecular flexibility index (Phi) is 7.57. The van der Waals surface area contributed by atoms with E-state index in [0.29, 0.717) is 17.9 Å². The molecule has 9 heteroatoms. The molecule has 1 atom stereocenters. The smallest absolute Gasteiger partial charge is 0.213 e. The highest BCUT2D eigenvalue weighted by atomic mass is 32.2. The highest BCUT2D eigenvalue weighted by Crippen LogP contribution is 2.41. The van der Waals surface area contributed by atoms with Crippen molar-refractivity contribution < 1.29 is 13.2 Å². The van der Waals surface area contributed by atoms with Gasteiger partial charge in [0.2, 0.25) is 10.0 Å². The van der Waals surface area contributed by atoms with Crippen LogP contribution >= 0.6 is 11.3 Å². The number of nitriles is 1. The number of nitrogens with zero attached hydrogens (tertiary/aromatic N) is 3. The second kappa shape index (κ2) is 10.5. The van der Waals surface area contributed by atoms with Crippen LogP contribution < -0.4 is 9.46 Å². The zero-order valence-electron chi connectivity index (χ0n) is 20.4. The predicted octanol–water partition coefficient (Wildman–Crippen LogP) is 4.60. The summed E-state index contributed by atoms with van der Waals surface area (Å²) < 4.78 is 33.8. The third kappa shape index (κ3) is 5.90. The first kappa shape index (κ1) is 25.3. The van der Waals surface area contributed by atoms with Gasteiger partial charge in [0.1, 0.15) is 16.8 Å². The molecule has 0 amide bonds. The molecule has 0 radical (unpaired) electrons. The van der Waals surface area contributed by atoms with E-state index in [1.165, 1.54) is 5.56 Å². The van der Waals surface area contributed by atoms with Gasteiger partial charge < -0.3 is 9.64 Å². The number of rotatable bonds is 9. The van der Waals surface area contributed by atoms with E-state index in [1.54, 1.807) is 11.3 Å². The van der Waals surface area contributed by atoms with Crippen molar-refractivity contribution in [2.45, 2.75) is 38.8 Å². The Morgan fingerprint density at radius 3 is 2.80 bits per heavy atom. The zero-order valence-corrected chi connectivity index (χ0v) is 22.0. The molecular weight excluding hydrogens is 480 g/mol. The van der Waals surface area contributed by atoms with Gasteiger partial charge in [-0.1, -0.05) is 18.2 Å². The third-order valence-corrected chi connectivity index (χ3v) is 8.32. The molecule has 7 nitrogen and oxygen atoms in total. The lowest BCUT2D eigenvalue weighted by atomic mass is 10.0. The summed E-state index contributed by atoms with van der Waals surface area (Å²) in [4.78, 5) is 7.51. The minimum absolute atomic E-state index is 0.0131. The van der Waals surface area contributed by atoms with E-state index in [2.05, 4.69) is 21.8 Å². The average molecular weight is 511 g/mol. The molecule has 1 N–H and O–H groups in total. The lowest BCUT2D eigenvalue weighted by Gasteiger charge is -2.16. The summed E-state index contributed by atoms with van der Waals surface area (Å²) >= 11 is 1.56. The van der Waals surface area contributed by atoms with Crippen molar-refractivity contribution in [3.8, 4) is 32.8 Å². The van der Waals surface area contributed by atoms with Gasteiger partial charge in [0.05, 0.1) is 22.3 Å². The van der Waals surface area contributed by atoms with E-state index in [0.717, 1.165) is 39.4 Å². The molecule has 0 bridgehead atoms. The fourth-order valence-corrected chi connectivity index (χ4v) is 6.59. The summed E-state index contributed by atoms with van der Waals surface area (Å²) in [5.41, 5.74) is 4.64. The van der Waals surface area contributed by atoms with Crippen molar-refractivity contribution in [2.24, 2.45) is 0 Å². The molecule has 1 aliphatic rings. The fourth-order valence-electron chi connectivity index (χ4n) is 4.23. The average Bonchev–Trinajstić information content (AvgIpc) is 3.45. The Balaban J connectivity index is 1.58. The Hall–Kier alpha value is -2.77. The van der Waals surface area contributed by atoms with Crippen LogP contribution in [0.5, 0.6) is 5.75 Å². The van der Waals surface area contributed by atoms with Crippen LogP contribution in [0.4, 0.5) is 0 Å². The van der Waals surface area contributed by atoms with Gasteiger partial charge in [-0.2, -0.15) is 5.26 Å². The quantitative estimate of drug-likeness (QED) is 0.452. The van der Waals surface area contributed by atoms with Gasteiger partial charge in [-0.05, 0) is 75.7 Å². The second-order valence-electron chi connectivity index (χ2n) is 9.22. The van der Waals surface area contributed by atoms with Crippen molar-refractivity contribution in [1.29, 1.82) is 5.26 Å². The lowest BCUT2D eigenvalue weighted by Crippen LogP contribution is -2.33. The molecular formula is C26H30N4O3S2. The molecule has 0 saturated heterocycles. The van der Waals surface area contributed by atoms with Gasteiger partial charge in [0.15, 0.2) is 0 Å². The number of nitrogens with one attached hydrogen (secondary N) is 1. The van der Waals surface area contributed by atoms with Gasteiger partial charge in [-0.3, -0.25) is 0 Å². The molecule has 0 unspecified atom stereocenters. The summed E-state index contributed by atoms with van der Waals surface area (Å²) in [5.74, 6) is 0.651. The number of sulfonamides is 1. The number of thiazole rings is 1. The maximum absolute atomic E-state index is 12.6. The van der Waals surface area contributed by atoms with E-state index < -0.39 is 10.0 Å². The van der Waals surface area contributed by atoms with Crippen LogP contribution in [0.2, 0.25) is 0 Å². The highest BCUT2D eigenvalue weighted by molar-refractivity contribution is 7.89. The molecule has 1 aliphatic carbocycles. The monoisotopic (exact) mass is 510 g/mol.